The second-order valence-corrected chi connectivity index (χ2v) is 5.12. The zero-order valence-corrected chi connectivity index (χ0v) is 11.3. The van der Waals surface area contributed by atoms with Crippen LogP contribution in [0.1, 0.15) is 19.3 Å². The van der Waals surface area contributed by atoms with Crippen molar-refractivity contribution in [3.05, 3.63) is 30.1 Å². The molecule has 2 rings (SSSR count). The quantitative estimate of drug-likeness (QED) is 0.839. The fraction of sp³-hybridized carbons (Fsp3) is 0.467. The monoisotopic (exact) mass is 278 g/mol. The molecule has 4 nitrogen and oxygen atoms in total. The molecule has 0 unspecified atom stereocenters. The first-order valence-electron chi connectivity index (χ1n) is 6.90. The molecule has 0 aromatic heterocycles. The highest BCUT2D eigenvalue weighted by molar-refractivity contribution is 5.90. The van der Waals surface area contributed by atoms with Crippen molar-refractivity contribution in [1.29, 1.82) is 0 Å². The van der Waals surface area contributed by atoms with Gasteiger partial charge in [-0.2, -0.15) is 0 Å². The molecule has 0 saturated carbocycles. The standard InChI is InChI=1S/C15H19FN2O2/c16-13-2-1-3-14(10-13)17-15(20)6-9-18-7-4-12(11-19)5-8-18/h1-3,10-12H,4-9H2,(H,17,20). The van der Waals surface area contributed by atoms with E-state index in [0.29, 0.717) is 18.7 Å². The molecule has 0 atom stereocenters. The van der Waals surface area contributed by atoms with Gasteiger partial charge in [-0.15, -0.1) is 0 Å². The number of carbonyl (C=O) groups is 2. The van der Waals surface area contributed by atoms with Crippen LogP contribution in [-0.2, 0) is 9.59 Å². The zero-order valence-electron chi connectivity index (χ0n) is 11.3. The fourth-order valence-corrected chi connectivity index (χ4v) is 2.36. The summed E-state index contributed by atoms with van der Waals surface area (Å²) in [6.45, 7) is 2.39. The average Bonchev–Trinajstić information content (AvgIpc) is 2.46. The molecule has 1 heterocycles. The van der Waals surface area contributed by atoms with Crippen LogP contribution in [0.5, 0.6) is 0 Å². The fourth-order valence-electron chi connectivity index (χ4n) is 2.36. The summed E-state index contributed by atoms with van der Waals surface area (Å²) >= 11 is 0. The number of amides is 1. The zero-order chi connectivity index (χ0) is 14.4. The number of carbonyl (C=O) groups excluding carboxylic acids is 2. The van der Waals surface area contributed by atoms with Crippen LogP contribution in [0.15, 0.2) is 24.3 Å². The van der Waals surface area contributed by atoms with Gasteiger partial charge in [-0.3, -0.25) is 4.79 Å². The molecule has 0 radical (unpaired) electrons. The van der Waals surface area contributed by atoms with Crippen LogP contribution in [0.4, 0.5) is 10.1 Å². The van der Waals surface area contributed by atoms with Crippen LogP contribution in [0.3, 0.4) is 0 Å². The number of aldehydes is 1. The van der Waals surface area contributed by atoms with E-state index in [1.807, 2.05) is 0 Å². The number of hydrogen-bond donors (Lipinski definition) is 1. The molecule has 1 aromatic carbocycles. The third kappa shape index (κ3) is 4.42. The minimum atomic E-state index is -0.362. The number of benzene rings is 1. The van der Waals surface area contributed by atoms with Crippen molar-refractivity contribution in [3.63, 3.8) is 0 Å². The summed E-state index contributed by atoms with van der Waals surface area (Å²) in [6.07, 6.45) is 3.14. The Morgan fingerprint density at radius 1 is 1.40 bits per heavy atom. The van der Waals surface area contributed by atoms with E-state index in [0.717, 1.165) is 32.2 Å². The van der Waals surface area contributed by atoms with Gasteiger partial charge >= 0.3 is 0 Å². The third-order valence-electron chi connectivity index (χ3n) is 3.59. The van der Waals surface area contributed by atoms with E-state index in [-0.39, 0.29) is 17.6 Å². The van der Waals surface area contributed by atoms with Crippen LogP contribution >= 0.6 is 0 Å². The Hall–Kier alpha value is -1.75. The molecule has 0 aliphatic carbocycles. The van der Waals surface area contributed by atoms with E-state index in [1.54, 1.807) is 12.1 Å². The van der Waals surface area contributed by atoms with Crippen molar-refractivity contribution >= 4 is 17.9 Å². The average molecular weight is 278 g/mol. The number of nitrogens with zero attached hydrogens (tertiary/aromatic N) is 1. The third-order valence-corrected chi connectivity index (χ3v) is 3.59. The molecule has 1 saturated heterocycles. The molecule has 20 heavy (non-hydrogen) atoms. The Morgan fingerprint density at radius 2 is 2.15 bits per heavy atom. The second kappa shape index (κ2) is 7.14. The van der Waals surface area contributed by atoms with E-state index in [9.17, 15) is 14.0 Å². The number of piperidine rings is 1. The molecular weight excluding hydrogens is 259 g/mol. The molecule has 1 aliphatic heterocycles. The summed E-state index contributed by atoms with van der Waals surface area (Å²) in [7, 11) is 0. The van der Waals surface area contributed by atoms with E-state index in [2.05, 4.69) is 10.2 Å². The minimum Gasteiger partial charge on any atom is -0.326 e. The Labute approximate surface area is 118 Å². The number of hydrogen-bond acceptors (Lipinski definition) is 3. The van der Waals surface area contributed by atoms with Gasteiger partial charge in [0.1, 0.15) is 12.1 Å². The molecule has 108 valence electrons. The normalized spacial score (nSPS) is 16.9. The lowest BCUT2D eigenvalue weighted by Crippen LogP contribution is -2.36. The lowest BCUT2D eigenvalue weighted by molar-refractivity contribution is -0.117. The number of likely N-dealkylation sites (tertiary alicyclic amines) is 1. The van der Waals surface area contributed by atoms with Gasteiger partial charge in [-0.05, 0) is 44.1 Å². The molecular formula is C15H19FN2O2. The van der Waals surface area contributed by atoms with E-state index >= 15 is 0 Å². The molecule has 1 fully saturated rings. The van der Waals surface area contributed by atoms with Crippen molar-refractivity contribution in [2.75, 3.05) is 25.0 Å². The summed E-state index contributed by atoms with van der Waals surface area (Å²) in [5.41, 5.74) is 0.481. The van der Waals surface area contributed by atoms with Crippen LogP contribution in [0.2, 0.25) is 0 Å². The SMILES string of the molecule is O=CC1CCN(CCC(=O)Nc2cccc(F)c2)CC1. The number of anilines is 1. The van der Waals surface area contributed by atoms with Crippen molar-refractivity contribution < 1.29 is 14.0 Å². The number of rotatable bonds is 5. The van der Waals surface area contributed by atoms with E-state index in [1.165, 1.54) is 12.1 Å². The highest BCUT2D eigenvalue weighted by atomic mass is 19.1. The molecule has 5 heteroatoms. The van der Waals surface area contributed by atoms with Crippen molar-refractivity contribution in [1.82, 2.24) is 4.90 Å². The van der Waals surface area contributed by atoms with Crippen molar-refractivity contribution in [2.24, 2.45) is 5.92 Å². The Bertz CT molecular complexity index is 471. The Kier molecular flexibility index (Phi) is 5.24. The molecule has 1 amide bonds. The first-order valence-corrected chi connectivity index (χ1v) is 6.90. The Balaban J connectivity index is 1.72. The van der Waals surface area contributed by atoms with Gasteiger partial charge in [0.15, 0.2) is 0 Å². The van der Waals surface area contributed by atoms with Gasteiger partial charge < -0.3 is 15.0 Å². The lowest BCUT2D eigenvalue weighted by Gasteiger charge is -2.29. The van der Waals surface area contributed by atoms with Crippen molar-refractivity contribution in [2.45, 2.75) is 19.3 Å². The predicted molar refractivity (Wildman–Crippen MR) is 74.9 cm³/mol. The minimum absolute atomic E-state index is 0.117. The highest BCUT2D eigenvalue weighted by Gasteiger charge is 2.18. The topological polar surface area (TPSA) is 49.4 Å². The molecule has 0 spiro atoms. The van der Waals surface area contributed by atoms with Gasteiger partial charge in [0.2, 0.25) is 5.91 Å². The second-order valence-electron chi connectivity index (χ2n) is 5.12. The molecule has 1 aromatic rings. The van der Waals surface area contributed by atoms with Crippen LogP contribution in [0, 0.1) is 11.7 Å². The maximum atomic E-state index is 13.0. The van der Waals surface area contributed by atoms with Gasteiger partial charge in [-0.1, -0.05) is 6.07 Å². The highest BCUT2D eigenvalue weighted by Crippen LogP contribution is 2.15. The largest absolute Gasteiger partial charge is 0.326 e. The summed E-state index contributed by atoms with van der Waals surface area (Å²) in [6, 6.07) is 5.87. The Morgan fingerprint density at radius 3 is 2.80 bits per heavy atom. The summed E-state index contributed by atoms with van der Waals surface area (Å²) < 4.78 is 13.0. The van der Waals surface area contributed by atoms with Gasteiger partial charge in [0.05, 0.1) is 0 Å². The number of nitrogens with one attached hydrogen (secondary N) is 1. The lowest BCUT2D eigenvalue weighted by atomic mass is 9.98. The molecule has 1 aliphatic rings. The summed E-state index contributed by atoms with van der Waals surface area (Å²) in [5.74, 6) is -0.306. The maximum absolute atomic E-state index is 13.0. The van der Waals surface area contributed by atoms with Crippen molar-refractivity contribution in [3.8, 4) is 0 Å². The number of halogens is 1. The van der Waals surface area contributed by atoms with Crippen LogP contribution in [0.25, 0.3) is 0 Å². The first kappa shape index (κ1) is 14.7. The predicted octanol–water partition coefficient (Wildman–Crippen LogP) is 2.07. The van der Waals surface area contributed by atoms with Crippen LogP contribution < -0.4 is 5.32 Å². The van der Waals surface area contributed by atoms with E-state index in [4.69, 9.17) is 0 Å². The molecule has 0 bridgehead atoms. The summed E-state index contributed by atoms with van der Waals surface area (Å²) in [5, 5.41) is 2.68. The summed E-state index contributed by atoms with van der Waals surface area (Å²) in [4.78, 5) is 24.6. The maximum Gasteiger partial charge on any atom is 0.225 e. The smallest absolute Gasteiger partial charge is 0.225 e. The van der Waals surface area contributed by atoms with Gasteiger partial charge in [0, 0.05) is 24.6 Å². The van der Waals surface area contributed by atoms with Gasteiger partial charge in [-0.25, -0.2) is 4.39 Å². The molecule has 1 N–H and O–H groups in total. The van der Waals surface area contributed by atoms with Crippen LogP contribution in [-0.4, -0.2) is 36.7 Å². The first-order chi connectivity index (χ1) is 9.67. The van der Waals surface area contributed by atoms with E-state index < -0.39 is 0 Å². The van der Waals surface area contributed by atoms with Gasteiger partial charge in [0.25, 0.3) is 0 Å².